The van der Waals surface area contributed by atoms with Crippen molar-refractivity contribution in [2.75, 3.05) is 39.4 Å². The van der Waals surface area contributed by atoms with Crippen molar-refractivity contribution in [3.63, 3.8) is 0 Å². The molecule has 0 spiro atoms. The zero-order valence-electron chi connectivity index (χ0n) is 19.9. The second-order valence-electron chi connectivity index (χ2n) is 7.91. The molecule has 8 nitrogen and oxygen atoms in total. The van der Waals surface area contributed by atoms with Crippen molar-refractivity contribution in [2.45, 2.75) is 50.6 Å². The van der Waals surface area contributed by atoms with E-state index < -0.39 is 12.1 Å². The first-order valence-electron chi connectivity index (χ1n) is 11.2. The molecule has 0 N–H and O–H groups in total. The molecule has 1 aromatic carbocycles. The zero-order valence-corrected chi connectivity index (χ0v) is 19.9. The summed E-state index contributed by atoms with van der Waals surface area (Å²) in [5, 5.41) is 0. The normalized spacial score (nSPS) is 23.8. The number of esters is 2. The molecule has 3 rings (SSSR count). The highest BCUT2D eigenvalue weighted by molar-refractivity contribution is 5.90. The molecular weight excluding hydrogens is 426 g/mol. The molecule has 2 aliphatic heterocycles. The van der Waals surface area contributed by atoms with Crippen LogP contribution in [0.2, 0.25) is 0 Å². The quantitative estimate of drug-likeness (QED) is 0.409. The minimum atomic E-state index is -0.641. The Morgan fingerprint density at radius 1 is 0.879 bits per heavy atom. The summed E-state index contributed by atoms with van der Waals surface area (Å²) in [7, 11) is 4.79. The fourth-order valence-corrected chi connectivity index (χ4v) is 4.73. The zero-order chi connectivity index (χ0) is 24.0. The molecule has 180 valence electrons. The fraction of sp³-hybridized carbons (Fsp3) is 0.520. The van der Waals surface area contributed by atoms with E-state index in [1.807, 2.05) is 29.2 Å². The van der Waals surface area contributed by atoms with Gasteiger partial charge in [-0.2, -0.15) is 0 Å². The van der Waals surface area contributed by atoms with Crippen LogP contribution >= 0.6 is 0 Å². The third-order valence-electron chi connectivity index (χ3n) is 6.07. The number of carbonyl (C=O) groups is 2. The number of nitrogens with zero attached hydrogens (tertiary/aromatic N) is 1. The SMILES string of the molecule is CCOC(=O)[C@H]1C[C@@H](/C=C/OC)c2cc(OC)cc3c2N1[C@@H](C(=O)OCC)C[C@H]3/C=C/OC. The van der Waals surface area contributed by atoms with Crippen LogP contribution in [0.15, 0.2) is 36.8 Å². The number of anilines is 1. The molecule has 0 aromatic heterocycles. The molecule has 0 bridgehead atoms. The molecule has 1 aromatic rings. The highest BCUT2D eigenvalue weighted by Gasteiger charge is 2.48. The Morgan fingerprint density at radius 2 is 1.33 bits per heavy atom. The van der Waals surface area contributed by atoms with Gasteiger partial charge in [0.1, 0.15) is 17.8 Å². The largest absolute Gasteiger partial charge is 0.505 e. The maximum Gasteiger partial charge on any atom is 0.328 e. The van der Waals surface area contributed by atoms with Crippen LogP contribution in [0.25, 0.3) is 0 Å². The van der Waals surface area contributed by atoms with Gasteiger partial charge in [-0.05, 0) is 62.1 Å². The molecular formula is C25H33NO7. The van der Waals surface area contributed by atoms with E-state index in [0.717, 1.165) is 16.8 Å². The van der Waals surface area contributed by atoms with Gasteiger partial charge in [0.25, 0.3) is 0 Å². The van der Waals surface area contributed by atoms with Crippen molar-refractivity contribution in [3.8, 4) is 5.75 Å². The van der Waals surface area contributed by atoms with Gasteiger partial charge in [-0.3, -0.25) is 0 Å². The van der Waals surface area contributed by atoms with E-state index in [0.29, 0.717) is 18.6 Å². The van der Waals surface area contributed by atoms with Crippen molar-refractivity contribution in [1.82, 2.24) is 0 Å². The topological polar surface area (TPSA) is 83.5 Å². The minimum absolute atomic E-state index is 0.132. The van der Waals surface area contributed by atoms with E-state index in [2.05, 4.69) is 0 Å². The van der Waals surface area contributed by atoms with Gasteiger partial charge in [0.2, 0.25) is 0 Å². The molecule has 0 saturated carbocycles. The molecule has 2 heterocycles. The first kappa shape index (κ1) is 24.5. The predicted octanol–water partition coefficient (Wildman–Crippen LogP) is 3.66. The Kier molecular flexibility index (Phi) is 8.25. The maximum atomic E-state index is 13.1. The summed E-state index contributed by atoms with van der Waals surface area (Å²) in [4.78, 5) is 28.1. The molecule has 0 saturated heterocycles. The van der Waals surface area contributed by atoms with Crippen LogP contribution < -0.4 is 9.64 Å². The van der Waals surface area contributed by atoms with Crippen molar-refractivity contribution in [3.05, 3.63) is 47.9 Å². The summed E-state index contributed by atoms with van der Waals surface area (Å²) in [6.45, 7) is 4.07. The molecule has 0 fully saturated rings. The first-order chi connectivity index (χ1) is 16.0. The Morgan fingerprint density at radius 3 is 1.70 bits per heavy atom. The number of carbonyl (C=O) groups excluding carboxylic acids is 2. The molecule has 4 atom stereocenters. The standard InChI is InChI=1S/C25H33NO7/c1-6-32-24(27)21-12-16(8-10-29-3)19-14-18(31-5)15-20-17(9-11-30-4)13-22(25(28)33-7-2)26(21)23(19)20/h8-11,14-17,21-22H,6-7,12-13H2,1-5H3/b10-8+,11-9+/t16-,17-,21-,22-/m1/s1. The summed E-state index contributed by atoms with van der Waals surface area (Å²) in [5.74, 6) is -0.277. The van der Waals surface area contributed by atoms with Crippen molar-refractivity contribution < 1.29 is 33.3 Å². The molecule has 0 unspecified atom stereocenters. The Labute approximate surface area is 195 Å². The van der Waals surface area contributed by atoms with Gasteiger partial charge < -0.3 is 28.6 Å². The van der Waals surface area contributed by atoms with Gasteiger partial charge in [0.05, 0.1) is 47.1 Å². The van der Waals surface area contributed by atoms with Crippen molar-refractivity contribution in [1.29, 1.82) is 0 Å². The Balaban J connectivity index is 2.26. The average Bonchev–Trinajstić information content (AvgIpc) is 2.82. The van der Waals surface area contributed by atoms with Gasteiger partial charge in [-0.25, -0.2) is 9.59 Å². The summed E-state index contributed by atoms with van der Waals surface area (Å²) in [6.07, 6.45) is 7.95. The number of allylic oxidation sites excluding steroid dienone is 2. The van der Waals surface area contributed by atoms with Crippen LogP contribution in [0.5, 0.6) is 5.75 Å². The number of hydrogen-bond donors (Lipinski definition) is 0. The lowest BCUT2D eigenvalue weighted by Crippen LogP contribution is -2.57. The van der Waals surface area contributed by atoms with E-state index in [4.69, 9.17) is 23.7 Å². The second kappa shape index (κ2) is 11.1. The number of hydrogen-bond acceptors (Lipinski definition) is 8. The monoisotopic (exact) mass is 459 g/mol. The lowest BCUT2D eigenvalue weighted by Gasteiger charge is -2.48. The van der Waals surface area contributed by atoms with E-state index in [-0.39, 0.29) is 37.0 Å². The van der Waals surface area contributed by atoms with Crippen LogP contribution in [0.1, 0.15) is 49.7 Å². The van der Waals surface area contributed by atoms with E-state index in [9.17, 15) is 9.59 Å². The van der Waals surface area contributed by atoms with Gasteiger partial charge in [0.15, 0.2) is 0 Å². The first-order valence-corrected chi connectivity index (χ1v) is 11.2. The lowest BCUT2D eigenvalue weighted by atomic mass is 9.75. The number of methoxy groups -OCH3 is 3. The van der Waals surface area contributed by atoms with E-state index >= 15 is 0 Å². The van der Waals surface area contributed by atoms with Crippen LogP contribution in [0.4, 0.5) is 5.69 Å². The number of benzene rings is 1. The van der Waals surface area contributed by atoms with Crippen LogP contribution in [0, 0.1) is 0 Å². The Bertz CT molecular complexity index is 843. The smallest absolute Gasteiger partial charge is 0.328 e. The summed E-state index contributed by atoms with van der Waals surface area (Å²) in [5.41, 5.74) is 2.76. The lowest BCUT2D eigenvalue weighted by molar-refractivity contribution is -0.147. The molecule has 2 aliphatic rings. The van der Waals surface area contributed by atoms with E-state index in [1.54, 1.807) is 47.7 Å². The molecule has 33 heavy (non-hydrogen) atoms. The van der Waals surface area contributed by atoms with Crippen molar-refractivity contribution >= 4 is 17.6 Å². The highest BCUT2D eigenvalue weighted by Crippen LogP contribution is 2.51. The Hall–Kier alpha value is -3.16. The number of ether oxygens (including phenoxy) is 5. The van der Waals surface area contributed by atoms with Gasteiger partial charge >= 0.3 is 11.9 Å². The molecule has 0 amide bonds. The third-order valence-corrected chi connectivity index (χ3v) is 6.07. The van der Waals surface area contributed by atoms with Crippen LogP contribution in [0.3, 0.4) is 0 Å². The minimum Gasteiger partial charge on any atom is -0.505 e. The van der Waals surface area contributed by atoms with Crippen LogP contribution in [-0.2, 0) is 28.5 Å². The van der Waals surface area contributed by atoms with Crippen molar-refractivity contribution in [2.24, 2.45) is 0 Å². The number of rotatable bonds is 9. The average molecular weight is 460 g/mol. The maximum absolute atomic E-state index is 13.1. The summed E-state index contributed by atoms with van der Waals surface area (Å²) in [6, 6.07) is 2.64. The summed E-state index contributed by atoms with van der Waals surface area (Å²) >= 11 is 0. The summed E-state index contributed by atoms with van der Waals surface area (Å²) < 4.78 is 26.8. The highest BCUT2D eigenvalue weighted by atomic mass is 16.5. The fourth-order valence-electron chi connectivity index (χ4n) is 4.73. The molecule has 0 radical (unpaired) electrons. The molecule has 8 heteroatoms. The van der Waals surface area contributed by atoms with Gasteiger partial charge in [-0.15, -0.1) is 0 Å². The predicted molar refractivity (Wildman–Crippen MR) is 123 cm³/mol. The van der Waals surface area contributed by atoms with Gasteiger partial charge in [-0.1, -0.05) is 0 Å². The third kappa shape index (κ3) is 4.94. The van der Waals surface area contributed by atoms with E-state index in [1.165, 1.54) is 0 Å². The second-order valence-corrected chi connectivity index (χ2v) is 7.91. The van der Waals surface area contributed by atoms with Gasteiger partial charge in [0, 0.05) is 17.5 Å². The van der Waals surface area contributed by atoms with Crippen LogP contribution in [-0.4, -0.2) is 58.6 Å². The molecule has 0 aliphatic carbocycles.